The van der Waals surface area contributed by atoms with E-state index in [1.54, 1.807) is 16.9 Å². The Hall–Kier alpha value is -2.15. The van der Waals surface area contributed by atoms with Crippen molar-refractivity contribution >= 4 is 0 Å². The Kier molecular flexibility index (Phi) is 2.69. The van der Waals surface area contributed by atoms with Gasteiger partial charge in [-0.3, -0.25) is 4.68 Å². The molecule has 0 saturated carbocycles. The molecule has 0 N–H and O–H groups in total. The molecule has 0 spiro atoms. The molecular weight excluding hydrogens is 205 g/mol. The number of halogens is 1. The van der Waals surface area contributed by atoms with Crippen LogP contribution < -0.4 is 0 Å². The first-order valence-corrected chi connectivity index (χ1v) is 4.87. The molecule has 80 valence electrons. The van der Waals surface area contributed by atoms with Crippen LogP contribution in [-0.4, -0.2) is 9.78 Å². The number of rotatable bonds is 2. The van der Waals surface area contributed by atoms with Gasteiger partial charge in [0.15, 0.2) is 0 Å². The second kappa shape index (κ2) is 4.15. The highest BCUT2D eigenvalue weighted by Gasteiger charge is 2.06. The summed E-state index contributed by atoms with van der Waals surface area (Å²) < 4.78 is 15.2. The molecule has 0 aliphatic rings. The first kappa shape index (κ1) is 10.4. The van der Waals surface area contributed by atoms with Gasteiger partial charge in [0.1, 0.15) is 5.82 Å². The lowest BCUT2D eigenvalue weighted by atomic mass is 10.1. The van der Waals surface area contributed by atoms with Crippen molar-refractivity contribution in [3.8, 4) is 6.07 Å². The molecule has 0 saturated heterocycles. The standard InChI is InChI=1S/C12H10FN3/c1-9-4-5-15-16(9)8-11-6-10(7-14)2-3-12(11)13/h2-6H,8H2,1H3. The molecule has 0 radical (unpaired) electrons. The molecular formula is C12H10FN3. The van der Waals surface area contributed by atoms with Gasteiger partial charge < -0.3 is 0 Å². The van der Waals surface area contributed by atoms with Gasteiger partial charge in [-0.1, -0.05) is 0 Å². The zero-order valence-electron chi connectivity index (χ0n) is 8.81. The predicted octanol–water partition coefficient (Wildman–Crippen LogP) is 2.25. The van der Waals surface area contributed by atoms with Crippen LogP contribution in [0.2, 0.25) is 0 Å². The van der Waals surface area contributed by atoms with E-state index in [2.05, 4.69) is 5.10 Å². The molecule has 0 amide bonds. The molecule has 0 aliphatic carbocycles. The molecule has 2 aromatic rings. The number of benzene rings is 1. The molecule has 4 heteroatoms. The summed E-state index contributed by atoms with van der Waals surface area (Å²) in [4.78, 5) is 0. The maximum atomic E-state index is 13.5. The Morgan fingerprint density at radius 2 is 2.25 bits per heavy atom. The average Bonchev–Trinajstić information content (AvgIpc) is 2.68. The van der Waals surface area contributed by atoms with Gasteiger partial charge in [0.2, 0.25) is 0 Å². The van der Waals surface area contributed by atoms with Crippen molar-refractivity contribution in [2.45, 2.75) is 13.5 Å². The van der Waals surface area contributed by atoms with Crippen molar-refractivity contribution in [1.29, 1.82) is 5.26 Å². The highest BCUT2D eigenvalue weighted by Crippen LogP contribution is 2.12. The maximum absolute atomic E-state index is 13.5. The van der Waals surface area contributed by atoms with E-state index in [0.717, 1.165) is 5.69 Å². The van der Waals surface area contributed by atoms with Gasteiger partial charge in [-0.25, -0.2) is 4.39 Å². The van der Waals surface area contributed by atoms with Gasteiger partial charge >= 0.3 is 0 Å². The minimum absolute atomic E-state index is 0.311. The van der Waals surface area contributed by atoms with Crippen LogP contribution >= 0.6 is 0 Å². The average molecular weight is 215 g/mol. The quantitative estimate of drug-likeness (QED) is 0.771. The van der Waals surface area contributed by atoms with Crippen molar-refractivity contribution in [3.05, 3.63) is 53.1 Å². The number of nitrogens with zero attached hydrogens (tertiary/aromatic N) is 3. The third kappa shape index (κ3) is 1.94. The Bertz CT molecular complexity index is 552. The summed E-state index contributed by atoms with van der Waals surface area (Å²) in [5.74, 6) is -0.311. The van der Waals surface area contributed by atoms with E-state index >= 15 is 0 Å². The van der Waals surface area contributed by atoms with Crippen molar-refractivity contribution in [2.75, 3.05) is 0 Å². The van der Waals surface area contributed by atoms with Crippen LogP contribution in [0.5, 0.6) is 0 Å². The van der Waals surface area contributed by atoms with Crippen molar-refractivity contribution in [3.63, 3.8) is 0 Å². The van der Waals surface area contributed by atoms with Crippen LogP contribution in [0.3, 0.4) is 0 Å². The molecule has 0 atom stereocenters. The lowest BCUT2D eigenvalue weighted by Crippen LogP contribution is -2.05. The van der Waals surface area contributed by atoms with E-state index in [9.17, 15) is 4.39 Å². The monoisotopic (exact) mass is 215 g/mol. The molecule has 16 heavy (non-hydrogen) atoms. The molecule has 0 fully saturated rings. The van der Waals surface area contributed by atoms with E-state index in [1.807, 2.05) is 19.1 Å². The fourth-order valence-corrected chi connectivity index (χ4v) is 1.49. The molecule has 0 bridgehead atoms. The molecule has 0 unspecified atom stereocenters. The first-order chi connectivity index (χ1) is 7.70. The summed E-state index contributed by atoms with van der Waals surface area (Å²) >= 11 is 0. The van der Waals surface area contributed by atoms with Gasteiger partial charge in [0.25, 0.3) is 0 Å². The lowest BCUT2D eigenvalue weighted by molar-refractivity contribution is 0.580. The van der Waals surface area contributed by atoms with Crippen LogP contribution in [0.15, 0.2) is 30.5 Å². The van der Waals surface area contributed by atoms with Crippen LogP contribution in [-0.2, 0) is 6.54 Å². The van der Waals surface area contributed by atoms with Gasteiger partial charge in [-0.2, -0.15) is 10.4 Å². The Labute approximate surface area is 92.7 Å². The number of nitriles is 1. The maximum Gasteiger partial charge on any atom is 0.128 e. The van der Waals surface area contributed by atoms with E-state index < -0.39 is 0 Å². The molecule has 1 aromatic heterocycles. The van der Waals surface area contributed by atoms with Crippen molar-refractivity contribution in [1.82, 2.24) is 9.78 Å². The van der Waals surface area contributed by atoms with E-state index in [0.29, 0.717) is 17.7 Å². The van der Waals surface area contributed by atoms with Crippen LogP contribution in [0.4, 0.5) is 4.39 Å². The summed E-state index contributed by atoms with van der Waals surface area (Å²) in [6.45, 7) is 2.25. The van der Waals surface area contributed by atoms with E-state index in [1.165, 1.54) is 12.1 Å². The third-order valence-electron chi connectivity index (χ3n) is 2.42. The minimum atomic E-state index is -0.311. The van der Waals surface area contributed by atoms with E-state index in [4.69, 9.17) is 5.26 Å². The SMILES string of the molecule is Cc1ccnn1Cc1cc(C#N)ccc1F. The molecule has 1 aromatic carbocycles. The van der Waals surface area contributed by atoms with Crippen LogP contribution in [0.25, 0.3) is 0 Å². The Balaban J connectivity index is 2.35. The smallest absolute Gasteiger partial charge is 0.128 e. The molecule has 1 heterocycles. The van der Waals surface area contributed by atoms with Crippen molar-refractivity contribution < 1.29 is 4.39 Å². The summed E-state index contributed by atoms with van der Waals surface area (Å²) in [6.07, 6.45) is 1.67. The zero-order valence-corrected chi connectivity index (χ0v) is 8.81. The normalized spacial score (nSPS) is 10.1. The third-order valence-corrected chi connectivity index (χ3v) is 2.42. The number of aromatic nitrogens is 2. The topological polar surface area (TPSA) is 41.6 Å². The lowest BCUT2D eigenvalue weighted by Gasteiger charge is -2.06. The Morgan fingerprint density at radius 3 is 2.88 bits per heavy atom. The number of hydrogen-bond donors (Lipinski definition) is 0. The zero-order chi connectivity index (χ0) is 11.5. The summed E-state index contributed by atoms with van der Waals surface area (Å²) in [5, 5.41) is 12.8. The number of hydrogen-bond acceptors (Lipinski definition) is 2. The number of aryl methyl sites for hydroxylation is 1. The largest absolute Gasteiger partial charge is 0.265 e. The highest BCUT2D eigenvalue weighted by atomic mass is 19.1. The van der Waals surface area contributed by atoms with Gasteiger partial charge in [-0.05, 0) is 31.2 Å². The predicted molar refractivity (Wildman–Crippen MR) is 57.2 cm³/mol. The van der Waals surface area contributed by atoms with Crippen LogP contribution in [0.1, 0.15) is 16.8 Å². The van der Waals surface area contributed by atoms with Gasteiger partial charge in [0.05, 0.1) is 18.2 Å². The molecule has 0 aliphatic heterocycles. The van der Waals surface area contributed by atoms with Crippen LogP contribution in [0, 0.1) is 24.1 Å². The van der Waals surface area contributed by atoms with Gasteiger partial charge in [-0.15, -0.1) is 0 Å². The fourth-order valence-electron chi connectivity index (χ4n) is 1.49. The molecule has 3 nitrogen and oxygen atoms in total. The summed E-state index contributed by atoms with van der Waals surface area (Å²) in [7, 11) is 0. The first-order valence-electron chi connectivity index (χ1n) is 4.87. The molecule has 2 rings (SSSR count). The van der Waals surface area contributed by atoms with E-state index in [-0.39, 0.29) is 5.82 Å². The summed E-state index contributed by atoms with van der Waals surface area (Å²) in [5.41, 5.74) is 1.90. The van der Waals surface area contributed by atoms with Gasteiger partial charge in [0, 0.05) is 17.5 Å². The fraction of sp³-hybridized carbons (Fsp3) is 0.167. The second-order valence-corrected chi connectivity index (χ2v) is 3.55. The second-order valence-electron chi connectivity index (χ2n) is 3.55. The highest BCUT2D eigenvalue weighted by molar-refractivity contribution is 5.33. The Morgan fingerprint density at radius 1 is 1.44 bits per heavy atom. The minimum Gasteiger partial charge on any atom is -0.265 e. The van der Waals surface area contributed by atoms with Crippen molar-refractivity contribution in [2.24, 2.45) is 0 Å². The summed E-state index contributed by atoms with van der Waals surface area (Å²) in [6, 6.07) is 8.18.